The fourth-order valence-corrected chi connectivity index (χ4v) is 5.17. The Balaban J connectivity index is 1.15. The smallest absolute Gasteiger partial charge is 0.355 e. The number of nitrogens with zero attached hydrogens (tertiary/aromatic N) is 1. The number of fused-ring (bicyclic) bond motifs is 2. The van der Waals surface area contributed by atoms with Crippen LogP contribution in [0.3, 0.4) is 0 Å². The van der Waals surface area contributed by atoms with E-state index in [-0.39, 0.29) is 6.61 Å². The minimum Gasteiger partial charge on any atom is -0.497 e. The van der Waals surface area contributed by atoms with Crippen molar-refractivity contribution in [2.24, 2.45) is 5.10 Å². The summed E-state index contributed by atoms with van der Waals surface area (Å²) < 4.78 is 17.2. The molecule has 0 radical (unpaired) electrons. The summed E-state index contributed by atoms with van der Waals surface area (Å²) in [5.74, 6) is 0.725. The van der Waals surface area contributed by atoms with Gasteiger partial charge >= 0.3 is 5.97 Å². The number of nitrogens with one attached hydrogen (secondary N) is 1. The number of amides is 1. The van der Waals surface area contributed by atoms with Gasteiger partial charge in [0.2, 0.25) is 0 Å². The maximum absolute atomic E-state index is 12.7. The van der Waals surface area contributed by atoms with Crippen molar-refractivity contribution in [3.05, 3.63) is 100 Å². The Kier molecular flexibility index (Phi) is 7.53. The van der Waals surface area contributed by atoms with E-state index in [1.54, 1.807) is 37.4 Å². The number of hydrogen-bond donors (Lipinski definition) is 1. The van der Waals surface area contributed by atoms with Gasteiger partial charge in [-0.25, -0.2) is 10.2 Å². The average molecular weight is 545 g/mol. The number of halogens is 1. The maximum atomic E-state index is 12.7. The van der Waals surface area contributed by atoms with Crippen LogP contribution < -0.4 is 19.6 Å². The van der Waals surface area contributed by atoms with Gasteiger partial charge in [-0.1, -0.05) is 48.0 Å². The molecule has 0 unspecified atom stereocenters. The van der Waals surface area contributed by atoms with E-state index < -0.39 is 11.9 Å². The summed E-state index contributed by atoms with van der Waals surface area (Å²) >= 11 is 7.66. The molecule has 0 bridgehead atoms. The SMILES string of the molecule is COc1ccc2c(Cl)c(C(=O)Oc3ccc(C=NNC(=O)COc4cccc5ccccc45)cc3)sc2c1. The number of carbonyl (C=O) groups is 2. The number of ether oxygens (including phenoxy) is 3. The van der Waals surface area contributed by atoms with Crippen molar-refractivity contribution in [2.75, 3.05) is 13.7 Å². The molecule has 0 fully saturated rings. The zero-order valence-corrected chi connectivity index (χ0v) is 21.7. The van der Waals surface area contributed by atoms with E-state index in [0.29, 0.717) is 32.7 Å². The predicted octanol–water partition coefficient (Wildman–Crippen LogP) is 6.46. The average Bonchev–Trinajstić information content (AvgIpc) is 3.28. The molecule has 1 heterocycles. The van der Waals surface area contributed by atoms with Gasteiger partial charge < -0.3 is 14.2 Å². The van der Waals surface area contributed by atoms with Crippen molar-refractivity contribution in [3.63, 3.8) is 0 Å². The Bertz CT molecular complexity index is 1660. The third-order valence-electron chi connectivity index (χ3n) is 5.62. The highest BCUT2D eigenvalue weighted by Crippen LogP contribution is 2.37. The first-order valence-corrected chi connectivity index (χ1v) is 12.7. The molecular weight excluding hydrogens is 524 g/mol. The lowest BCUT2D eigenvalue weighted by molar-refractivity contribution is -0.123. The van der Waals surface area contributed by atoms with E-state index in [1.165, 1.54) is 17.6 Å². The molecule has 0 aliphatic carbocycles. The Morgan fingerprint density at radius 3 is 2.53 bits per heavy atom. The monoisotopic (exact) mass is 544 g/mol. The number of thiophene rings is 1. The zero-order chi connectivity index (χ0) is 26.5. The van der Waals surface area contributed by atoms with Gasteiger partial charge in [0.05, 0.1) is 18.3 Å². The molecule has 5 aromatic rings. The van der Waals surface area contributed by atoms with Crippen LogP contribution >= 0.6 is 22.9 Å². The van der Waals surface area contributed by atoms with Crippen molar-refractivity contribution in [2.45, 2.75) is 0 Å². The minimum atomic E-state index is -0.546. The van der Waals surface area contributed by atoms with Crippen LogP contribution in [-0.2, 0) is 4.79 Å². The standard InChI is InChI=1S/C29H21ClN2O5S/c1-35-21-13-14-23-25(15-21)38-28(27(23)30)29(34)37-20-11-9-18(10-12-20)16-31-32-26(33)17-36-24-8-4-6-19-5-2-3-7-22(19)24/h2-16H,17H2,1H3,(H,32,33). The van der Waals surface area contributed by atoms with Crippen molar-refractivity contribution in [3.8, 4) is 17.2 Å². The number of hydrazone groups is 1. The number of carbonyl (C=O) groups excluding carboxylic acids is 2. The highest BCUT2D eigenvalue weighted by molar-refractivity contribution is 7.21. The van der Waals surface area contributed by atoms with Gasteiger partial charge in [-0.3, -0.25) is 4.79 Å². The second-order valence-electron chi connectivity index (χ2n) is 8.12. The fraction of sp³-hybridized carbons (Fsp3) is 0.0690. The lowest BCUT2D eigenvalue weighted by Crippen LogP contribution is -2.24. The molecule has 1 N–H and O–H groups in total. The summed E-state index contributed by atoms with van der Waals surface area (Å²) in [5.41, 5.74) is 3.14. The van der Waals surface area contributed by atoms with Gasteiger partial charge in [0.25, 0.3) is 5.91 Å². The number of rotatable bonds is 8. The summed E-state index contributed by atoms with van der Waals surface area (Å²) in [6.07, 6.45) is 1.48. The molecule has 0 saturated carbocycles. The molecule has 0 spiro atoms. The van der Waals surface area contributed by atoms with Crippen molar-refractivity contribution in [1.29, 1.82) is 0 Å². The Morgan fingerprint density at radius 2 is 1.71 bits per heavy atom. The number of benzene rings is 4. The highest BCUT2D eigenvalue weighted by Gasteiger charge is 2.19. The zero-order valence-electron chi connectivity index (χ0n) is 20.1. The first kappa shape index (κ1) is 25.3. The van der Waals surface area contributed by atoms with Gasteiger partial charge in [0.1, 0.15) is 22.1 Å². The summed E-state index contributed by atoms with van der Waals surface area (Å²) in [7, 11) is 1.58. The van der Waals surface area contributed by atoms with Gasteiger partial charge in [-0.2, -0.15) is 5.10 Å². The van der Waals surface area contributed by atoms with Crippen LogP contribution in [0.15, 0.2) is 90.0 Å². The molecule has 1 amide bonds. The molecule has 0 saturated heterocycles. The van der Waals surface area contributed by atoms with Crippen molar-refractivity contribution < 1.29 is 23.8 Å². The third-order valence-corrected chi connectivity index (χ3v) is 7.26. The van der Waals surface area contributed by atoms with Gasteiger partial charge in [-0.05, 0) is 59.5 Å². The number of esters is 1. The summed E-state index contributed by atoms with van der Waals surface area (Å²) in [6.45, 7) is -0.173. The van der Waals surface area contributed by atoms with E-state index in [1.807, 2.05) is 54.6 Å². The second-order valence-corrected chi connectivity index (χ2v) is 9.56. The van der Waals surface area contributed by atoms with Crippen LogP contribution in [0.5, 0.6) is 17.2 Å². The molecule has 0 atom stereocenters. The lowest BCUT2D eigenvalue weighted by Gasteiger charge is -2.08. The maximum Gasteiger partial charge on any atom is 0.355 e. The van der Waals surface area contributed by atoms with Gasteiger partial charge in [-0.15, -0.1) is 11.3 Å². The largest absolute Gasteiger partial charge is 0.497 e. The van der Waals surface area contributed by atoms with E-state index in [9.17, 15) is 9.59 Å². The lowest BCUT2D eigenvalue weighted by atomic mass is 10.1. The highest BCUT2D eigenvalue weighted by atomic mass is 35.5. The fourth-order valence-electron chi connectivity index (χ4n) is 3.76. The Morgan fingerprint density at radius 1 is 0.947 bits per heavy atom. The topological polar surface area (TPSA) is 86.2 Å². The number of methoxy groups -OCH3 is 1. The van der Waals surface area contributed by atoms with E-state index >= 15 is 0 Å². The quantitative estimate of drug-likeness (QED) is 0.105. The first-order chi connectivity index (χ1) is 18.5. The molecule has 0 aliphatic heterocycles. The molecular formula is C29H21ClN2O5S. The van der Waals surface area contributed by atoms with E-state index in [2.05, 4.69) is 10.5 Å². The van der Waals surface area contributed by atoms with E-state index in [0.717, 1.165) is 20.9 Å². The molecule has 5 rings (SSSR count). The first-order valence-electron chi connectivity index (χ1n) is 11.5. The molecule has 38 heavy (non-hydrogen) atoms. The summed E-state index contributed by atoms with van der Waals surface area (Å²) in [6, 6.07) is 25.6. The van der Waals surface area contributed by atoms with Crippen LogP contribution in [0.2, 0.25) is 5.02 Å². The Hall–Kier alpha value is -4.40. The molecule has 4 aromatic carbocycles. The molecule has 9 heteroatoms. The van der Waals surface area contributed by atoms with Gasteiger partial charge in [0.15, 0.2) is 6.61 Å². The number of hydrogen-bond acceptors (Lipinski definition) is 7. The second kappa shape index (κ2) is 11.3. The van der Waals surface area contributed by atoms with Crippen LogP contribution in [-0.4, -0.2) is 31.8 Å². The summed E-state index contributed by atoms with van der Waals surface area (Å²) in [5, 5.41) is 7.04. The third kappa shape index (κ3) is 5.61. The molecule has 1 aromatic heterocycles. The van der Waals surface area contributed by atoms with E-state index in [4.69, 9.17) is 25.8 Å². The van der Waals surface area contributed by atoms with Crippen LogP contribution in [0.25, 0.3) is 20.9 Å². The van der Waals surface area contributed by atoms with Crippen molar-refractivity contribution >= 4 is 61.9 Å². The molecule has 0 aliphatic rings. The van der Waals surface area contributed by atoms with Crippen LogP contribution in [0.4, 0.5) is 0 Å². The van der Waals surface area contributed by atoms with Crippen LogP contribution in [0, 0.1) is 0 Å². The molecule has 7 nitrogen and oxygen atoms in total. The Labute approximate surface area is 227 Å². The predicted molar refractivity (Wildman–Crippen MR) is 150 cm³/mol. The van der Waals surface area contributed by atoms with Crippen LogP contribution in [0.1, 0.15) is 15.2 Å². The van der Waals surface area contributed by atoms with Gasteiger partial charge in [0, 0.05) is 15.5 Å². The summed E-state index contributed by atoms with van der Waals surface area (Å²) in [4.78, 5) is 25.2. The van der Waals surface area contributed by atoms with Crippen molar-refractivity contribution in [1.82, 2.24) is 5.43 Å². The minimum absolute atomic E-state index is 0.173. The molecule has 190 valence electrons. The normalized spacial score (nSPS) is 11.1.